The second kappa shape index (κ2) is 10.5. The Morgan fingerprint density at radius 3 is 2.47 bits per heavy atom. The van der Waals surface area contributed by atoms with Crippen LogP contribution in [0.1, 0.15) is 45.6 Å². The first-order chi connectivity index (χ1) is 20.0. The third-order valence-electron chi connectivity index (χ3n) is 7.17. The first kappa shape index (κ1) is 30.3. The van der Waals surface area contributed by atoms with Gasteiger partial charge in [-0.05, 0) is 70.4 Å². The van der Waals surface area contributed by atoms with E-state index >= 15 is 0 Å². The minimum absolute atomic E-state index is 0.0461. The van der Waals surface area contributed by atoms with Crippen molar-refractivity contribution in [3.8, 4) is 11.8 Å². The molecular formula is C28H28F3N5O6S. The van der Waals surface area contributed by atoms with E-state index in [0.29, 0.717) is 23.9 Å². The number of sulfone groups is 1. The lowest BCUT2D eigenvalue weighted by Crippen LogP contribution is -2.48. The number of ether oxygens (including phenoxy) is 1. The molecule has 1 saturated carbocycles. The molecule has 0 spiro atoms. The summed E-state index contributed by atoms with van der Waals surface area (Å²) in [6.45, 7) is 4.08. The molecule has 2 fully saturated rings. The highest BCUT2D eigenvalue weighted by atomic mass is 32.2. The molecule has 1 saturated heterocycles. The van der Waals surface area contributed by atoms with Gasteiger partial charge in [0.15, 0.2) is 9.84 Å². The zero-order valence-electron chi connectivity index (χ0n) is 23.4. The number of nitriles is 1. The predicted octanol–water partition coefficient (Wildman–Crippen LogP) is 4.30. The maximum Gasteiger partial charge on any atom is 0.528 e. The minimum atomic E-state index is -5.05. The summed E-state index contributed by atoms with van der Waals surface area (Å²) < 4.78 is 77.2. The number of nitrogens with one attached hydrogen (secondary N) is 1. The number of para-hydroxylation sites is 2. The summed E-state index contributed by atoms with van der Waals surface area (Å²) >= 11 is 0. The maximum absolute atomic E-state index is 14.4. The number of fused-ring (bicyclic) bond motifs is 1. The van der Waals surface area contributed by atoms with Crippen LogP contribution in [0.25, 0.3) is 16.7 Å². The van der Waals surface area contributed by atoms with E-state index < -0.39 is 73.9 Å². The molecule has 1 amide bonds. The van der Waals surface area contributed by atoms with E-state index in [-0.39, 0.29) is 5.69 Å². The van der Waals surface area contributed by atoms with E-state index in [9.17, 15) is 36.4 Å². The number of rotatable bonds is 6. The Kier molecular flexibility index (Phi) is 7.42. The summed E-state index contributed by atoms with van der Waals surface area (Å²) in [6.07, 6.45) is -4.67. The molecule has 0 unspecified atom stereocenters. The molecule has 2 atom stereocenters. The van der Waals surface area contributed by atoms with Gasteiger partial charge < -0.3 is 14.9 Å². The molecule has 1 aromatic heterocycles. The van der Waals surface area contributed by atoms with Crippen LogP contribution in [0.15, 0.2) is 53.7 Å². The number of hydroxylamine groups is 2. The van der Waals surface area contributed by atoms with Crippen molar-refractivity contribution in [2.75, 3.05) is 6.54 Å². The number of halogens is 3. The molecule has 228 valence electrons. The predicted molar refractivity (Wildman–Crippen MR) is 145 cm³/mol. The molecule has 3 aromatic rings. The van der Waals surface area contributed by atoms with Crippen LogP contribution in [-0.2, 0) is 30.4 Å². The first-order valence-corrected chi connectivity index (χ1v) is 14.9. The van der Waals surface area contributed by atoms with Crippen molar-refractivity contribution >= 4 is 32.9 Å². The Morgan fingerprint density at radius 2 is 1.84 bits per heavy atom. The Hall–Kier alpha value is -4.16. The Balaban J connectivity index is 1.49. The van der Waals surface area contributed by atoms with Crippen molar-refractivity contribution < 1.29 is 40.8 Å². The largest absolute Gasteiger partial charge is 0.528 e. The van der Waals surface area contributed by atoms with Gasteiger partial charge in [0.1, 0.15) is 23.5 Å². The summed E-state index contributed by atoms with van der Waals surface area (Å²) in [6, 6.07) is 10.2. The van der Waals surface area contributed by atoms with Crippen molar-refractivity contribution in [1.29, 1.82) is 5.26 Å². The number of carbonyl (C=O) groups excluding carboxylic acids is 2. The number of imidazole rings is 1. The number of nitrogens with zero attached hydrogens (tertiary/aromatic N) is 4. The lowest BCUT2D eigenvalue weighted by Gasteiger charge is -2.25. The highest BCUT2D eigenvalue weighted by molar-refractivity contribution is 7.92. The van der Waals surface area contributed by atoms with Crippen LogP contribution < -0.4 is 5.32 Å². The lowest BCUT2D eigenvalue weighted by molar-refractivity contribution is -0.162. The summed E-state index contributed by atoms with van der Waals surface area (Å²) in [5, 5.41) is 11.1. The fourth-order valence-electron chi connectivity index (χ4n) is 4.89. The number of amides is 1. The van der Waals surface area contributed by atoms with Gasteiger partial charge in [0.05, 0.1) is 39.4 Å². The van der Waals surface area contributed by atoms with Gasteiger partial charge in [0.25, 0.3) is 0 Å². The van der Waals surface area contributed by atoms with Crippen molar-refractivity contribution in [3.63, 3.8) is 0 Å². The van der Waals surface area contributed by atoms with Gasteiger partial charge in [0.2, 0.25) is 5.91 Å². The molecule has 1 aliphatic carbocycles. The van der Waals surface area contributed by atoms with Crippen LogP contribution in [0, 0.1) is 11.3 Å². The van der Waals surface area contributed by atoms with Crippen LogP contribution in [-0.4, -0.2) is 64.1 Å². The minimum Gasteiger partial charge on any atom is -0.427 e. The monoisotopic (exact) mass is 619 g/mol. The van der Waals surface area contributed by atoms with E-state index in [1.165, 1.54) is 17.0 Å². The van der Waals surface area contributed by atoms with Gasteiger partial charge >= 0.3 is 12.3 Å². The number of hydrogen-bond acceptors (Lipinski definition) is 9. The van der Waals surface area contributed by atoms with Crippen molar-refractivity contribution in [1.82, 2.24) is 19.9 Å². The average molecular weight is 620 g/mol. The molecule has 1 aliphatic heterocycles. The topological polar surface area (TPSA) is 144 Å². The number of benzene rings is 2. The Morgan fingerprint density at radius 1 is 1.14 bits per heavy atom. The van der Waals surface area contributed by atoms with Crippen molar-refractivity contribution in [2.45, 2.75) is 73.5 Å². The van der Waals surface area contributed by atoms with Gasteiger partial charge in [-0.25, -0.2) is 18.2 Å². The molecule has 11 nitrogen and oxygen atoms in total. The SMILES string of the molecule is CC(C)(C)OC(=O)ON1C[C@H](S(=O)(=O)c2ccc(-n3cnc4ccccc43)cc2C(F)(F)F)C[C@H]1C(=O)NC1(C#N)CC1. The van der Waals surface area contributed by atoms with Gasteiger partial charge in [0, 0.05) is 5.69 Å². The molecular weight excluding hydrogens is 591 g/mol. The summed E-state index contributed by atoms with van der Waals surface area (Å²) in [5.41, 5.74) is -2.39. The van der Waals surface area contributed by atoms with Gasteiger partial charge in [-0.3, -0.25) is 9.36 Å². The molecule has 2 aliphatic rings. The molecule has 0 bridgehead atoms. The van der Waals surface area contributed by atoms with Gasteiger partial charge in [-0.2, -0.15) is 18.4 Å². The van der Waals surface area contributed by atoms with Crippen LogP contribution >= 0.6 is 0 Å². The van der Waals surface area contributed by atoms with Crippen molar-refractivity contribution in [2.24, 2.45) is 0 Å². The van der Waals surface area contributed by atoms with E-state index in [1.807, 2.05) is 6.07 Å². The normalized spacial score (nSPS) is 20.4. The number of alkyl halides is 3. The van der Waals surface area contributed by atoms with E-state index in [2.05, 4.69) is 10.3 Å². The Labute approximate surface area is 245 Å². The maximum atomic E-state index is 14.4. The van der Waals surface area contributed by atoms with Crippen LogP contribution in [0.5, 0.6) is 0 Å². The second-order valence-corrected chi connectivity index (χ2v) is 13.7. The fourth-order valence-corrected chi connectivity index (χ4v) is 6.76. The lowest BCUT2D eigenvalue weighted by atomic mass is 10.2. The van der Waals surface area contributed by atoms with E-state index in [0.717, 1.165) is 17.2 Å². The number of carbonyl (C=O) groups is 2. The number of aromatic nitrogens is 2. The molecule has 5 rings (SSSR count). The standard InChI is InChI=1S/C28H28F3N5O6S/c1-26(2,3)41-25(38)42-36-14-18(13-22(36)24(37)34-27(15-32)10-11-27)43(39,40)23-9-8-17(12-19(23)28(29,30)31)35-16-33-20-6-4-5-7-21(20)35/h4-9,12,16,18,22H,10-11,13-14H2,1-3H3,(H,34,37)/t18-,22+/m1/s1. The highest BCUT2D eigenvalue weighted by Gasteiger charge is 2.51. The summed E-state index contributed by atoms with van der Waals surface area (Å²) in [4.78, 5) is 33.9. The smallest absolute Gasteiger partial charge is 0.427 e. The molecule has 2 heterocycles. The third-order valence-corrected chi connectivity index (χ3v) is 9.36. The zero-order valence-corrected chi connectivity index (χ0v) is 24.2. The Bertz CT molecular complexity index is 1740. The first-order valence-electron chi connectivity index (χ1n) is 13.3. The van der Waals surface area contributed by atoms with E-state index in [1.54, 1.807) is 45.0 Å². The molecule has 43 heavy (non-hydrogen) atoms. The third kappa shape index (κ3) is 6.16. The summed E-state index contributed by atoms with van der Waals surface area (Å²) in [5.74, 6) is -0.793. The second-order valence-electron chi connectivity index (χ2n) is 11.5. The van der Waals surface area contributed by atoms with Gasteiger partial charge in [-0.1, -0.05) is 12.1 Å². The molecule has 0 radical (unpaired) electrons. The van der Waals surface area contributed by atoms with Crippen molar-refractivity contribution in [3.05, 3.63) is 54.4 Å². The molecule has 1 N–H and O–H groups in total. The molecule has 15 heteroatoms. The van der Waals surface area contributed by atoms with Crippen LogP contribution in [0.2, 0.25) is 0 Å². The highest BCUT2D eigenvalue weighted by Crippen LogP contribution is 2.40. The van der Waals surface area contributed by atoms with Gasteiger partial charge in [-0.15, -0.1) is 5.06 Å². The zero-order chi connectivity index (χ0) is 31.4. The quantitative estimate of drug-likeness (QED) is 0.400. The number of hydrogen-bond donors (Lipinski definition) is 1. The molecule has 2 aromatic carbocycles. The summed E-state index contributed by atoms with van der Waals surface area (Å²) in [7, 11) is -4.75. The van der Waals surface area contributed by atoms with Crippen LogP contribution in [0.3, 0.4) is 0 Å². The van der Waals surface area contributed by atoms with E-state index in [4.69, 9.17) is 9.57 Å². The average Bonchev–Trinajstić information content (AvgIpc) is 3.34. The van der Waals surface area contributed by atoms with Crippen LogP contribution in [0.4, 0.5) is 18.0 Å². The fraction of sp³-hybridized carbons (Fsp3) is 0.429.